The first-order valence-corrected chi connectivity index (χ1v) is 7.25. The SMILES string of the molecule is CCNCC1CCCOC1c1ccc(Cl)cc1Cl. The van der Waals surface area contributed by atoms with Crippen LogP contribution in [0.25, 0.3) is 0 Å². The topological polar surface area (TPSA) is 21.3 Å². The lowest BCUT2D eigenvalue weighted by Gasteiger charge is -2.32. The maximum atomic E-state index is 6.28. The Hall–Kier alpha value is -0.280. The summed E-state index contributed by atoms with van der Waals surface area (Å²) < 4.78 is 5.93. The monoisotopic (exact) mass is 287 g/mol. The number of hydrogen-bond donors (Lipinski definition) is 1. The van der Waals surface area contributed by atoms with Gasteiger partial charge in [0.2, 0.25) is 0 Å². The van der Waals surface area contributed by atoms with Crippen LogP contribution in [0.5, 0.6) is 0 Å². The minimum Gasteiger partial charge on any atom is -0.373 e. The van der Waals surface area contributed by atoms with Crippen molar-refractivity contribution in [3.05, 3.63) is 33.8 Å². The molecule has 2 unspecified atom stereocenters. The summed E-state index contributed by atoms with van der Waals surface area (Å²) in [5.74, 6) is 0.484. The van der Waals surface area contributed by atoms with Crippen LogP contribution in [0.15, 0.2) is 18.2 Å². The Labute approximate surface area is 119 Å². The van der Waals surface area contributed by atoms with Crippen molar-refractivity contribution in [2.24, 2.45) is 5.92 Å². The van der Waals surface area contributed by atoms with Crippen molar-refractivity contribution in [3.63, 3.8) is 0 Å². The van der Waals surface area contributed by atoms with Crippen LogP contribution in [-0.2, 0) is 4.74 Å². The Balaban J connectivity index is 2.16. The molecule has 1 aromatic rings. The van der Waals surface area contributed by atoms with Gasteiger partial charge in [0.05, 0.1) is 6.10 Å². The van der Waals surface area contributed by atoms with Crippen molar-refractivity contribution >= 4 is 23.2 Å². The summed E-state index contributed by atoms with van der Waals surface area (Å²) in [7, 11) is 0. The molecule has 0 aliphatic carbocycles. The van der Waals surface area contributed by atoms with Crippen LogP contribution in [0.2, 0.25) is 10.0 Å². The normalized spacial score (nSPS) is 24.2. The average molecular weight is 288 g/mol. The first kappa shape index (κ1) is 14.1. The molecule has 1 aliphatic heterocycles. The second-order valence-electron chi connectivity index (χ2n) is 4.67. The summed E-state index contributed by atoms with van der Waals surface area (Å²) in [6, 6.07) is 5.66. The predicted molar refractivity (Wildman–Crippen MR) is 76.4 cm³/mol. The maximum absolute atomic E-state index is 6.28. The van der Waals surface area contributed by atoms with Crippen LogP contribution in [0, 0.1) is 5.92 Å². The number of nitrogens with one attached hydrogen (secondary N) is 1. The Morgan fingerprint density at radius 1 is 1.39 bits per heavy atom. The van der Waals surface area contributed by atoms with Crippen LogP contribution < -0.4 is 5.32 Å². The summed E-state index contributed by atoms with van der Waals surface area (Å²) >= 11 is 12.2. The highest BCUT2D eigenvalue weighted by molar-refractivity contribution is 6.35. The molecule has 0 amide bonds. The Morgan fingerprint density at radius 3 is 2.94 bits per heavy atom. The lowest BCUT2D eigenvalue weighted by molar-refractivity contribution is -0.0275. The molecule has 1 saturated heterocycles. The molecule has 1 heterocycles. The number of benzene rings is 1. The van der Waals surface area contributed by atoms with Crippen molar-refractivity contribution in [2.75, 3.05) is 19.7 Å². The Kier molecular flexibility index (Phi) is 5.31. The van der Waals surface area contributed by atoms with E-state index in [-0.39, 0.29) is 6.10 Å². The third-order valence-corrected chi connectivity index (χ3v) is 3.93. The fourth-order valence-corrected chi connectivity index (χ4v) is 2.97. The van der Waals surface area contributed by atoms with Crippen LogP contribution in [0.4, 0.5) is 0 Å². The van der Waals surface area contributed by atoms with E-state index in [0.29, 0.717) is 16.0 Å². The lowest BCUT2D eigenvalue weighted by Crippen LogP contribution is -2.32. The molecule has 1 fully saturated rings. The lowest BCUT2D eigenvalue weighted by atomic mass is 9.89. The molecule has 0 aromatic heterocycles. The van der Waals surface area contributed by atoms with Gasteiger partial charge in [-0.25, -0.2) is 0 Å². The molecule has 0 spiro atoms. The van der Waals surface area contributed by atoms with E-state index in [1.54, 1.807) is 6.07 Å². The van der Waals surface area contributed by atoms with E-state index in [9.17, 15) is 0 Å². The number of rotatable bonds is 4. The molecule has 100 valence electrons. The fourth-order valence-electron chi connectivity index (χ4n) is 2.46. The highest BCUT2D eigenvalue weighted by Crippen LogP contribution is 2.37. The first-order chi connectivity index (χ1) is 8.72. The van der Waals surface area contributed by atoms with Crippen LogP contribution in [-0.4, -0.2) is 19.7 Å². The van der Waals surface area contributed by atoms with Gasteiger partial charge in [0, 0.05) is 29.1 Å². The van der Waals surface area contributed by atoms with Gasteiger partial charge in [0.25, 0.3) is 0 Å². The molecule has 0 radical (unpaired) electrons. The Bertz CT molecular complexity index is 397. The van der Waals surface area contributed by atoms with E-state index in [0.717, 1.165) is 31.7 Å². The van der Waals surface area contributed by atoms with E-state index in [1.807, 2.05) is 12.1 Å². The van der Waals surface area contributed by atoms with Crippen LogP contribution in [0.1, 0.15) is 31.4 Å². The second kappa shape index (κ2) is 6.76. The quantitative estimate of drug-likeness (QED) is 0.901. The molecule has 1 aliphatic rings. The zero-order valence-electron chi connectivity index (χ0n) is 10.6. The molecule has 1 aromatic carbocycles. The fraction of sp³-hybridized carbons (Fsp3) is 0.571. The van der Waals surface area contributed by atoms with Crippen molar-refractivity contribution in [3.8, 4) is 0 Å². The van der Waals surface area contributed by atoms with Crippen molar-refractivity contribution in [1.29, 1.82) is 0 Å². The molecule has 1 N–H and O–H groups in total. The zero-order valence-corrected chi connectivity index (χ0v) is 12.1. The van der Waals surface area contributed by atoms with E-state index in [1.165, 1.54) is 6.42 Å². The molecule has 2 atom stereocenters. The van der Waals surface area contributed by atoms with E-state index >= 15 is 0 Å². The smallest absolute Gasteiger partial charge is 0.0879 e. The van der Waals surface area contributed by atoms with Gasteiger partial charge in [-0.05, 0) is 37.1 Å². The highest BCUT2D eigenvalue weighted by atomic mass is 35.5. The molecule has 0 bridgehead atoms. The van der Waals surface area contributed by atoms with Gasteiger partial charge in [-0.2, -0.15) is 0 Å². The van der Waals surface area contributed by atoms with E-state index in [2.05, 4.69) is 12.2 Å². The van der Waals surface area contributed by atoms with E-state index in [4.69, 9.17) is 27.9 Å². The van der Waals surface area contributed by atoms with Gasteiger partial charge in [0.15, 0.2) is 0 Å². The summed E-state index contributed by atoms with van der Waals surface area (Å²) in [6.45, 7) is 4.89. The van der Waals surface area contributed by atoms with Crippen LogP contribution in [0.3, 0.4) is 0 Å². The van der Waals surface area contributed by atoms with Crippen molar-refractivity contribution in [1.82, 2.24) is 5.32 Å². The highest BCUT2D eigenvalue weighted by Gasteiger charge is 2.28. The van der Waals surface area contributed by atoms with Crippen molar-refractivity contribution in [2.45, 2.75) is 25.9 Å². The van der Waals surface area contributed by atoms with Gasteiger partial charge in [-0.15, -0.1) is 0 Å². The molecule has 2 nitrogen and oxygen atoms in total. The van der Waals surface area contributed by atoms with Gasteiger partial charge in [-0.1, -0.05) is 36.2 Å². The summed E-state index contributed by atoms with van der Waals surface area (Å²) in [5.41, 5.74) is 1.06. The third-order valence-electron chi connectivity index (χ3n) is 3.37. The maximum Gasteiger partial charge on any atom is 0.0879 e. The van der Waals surface area contributed by atoms with Gasteiger partial charge >= 0.3 is 0 Å². The predicted octanol–water partition coefficient (Wildman–Crippen LogP) is 4.07. The summed E-state index contributed by atoms with van der Waals surface area (Å²) in [5, 5.41) is 4.77. The zero-order chi connectivity index (χ0) is 13.0. The minimum atomic E-state index is 0.0857. The standard InChI is InChI=1S/C14H19Cl2NO/c1-2-17-9-10-4-3-7-18-14(10)12-6-5-11(15)8-13(12)16/h5-6,8,10,14,17H,2-4,7,9H2,1H3. The van der Waals surface area contributed by atoms with E-state index < -0.39 is 0 Å². The van der Waals surface area contributed by atoms with Gasteiger partial charge < -0.3 is 10.1 Å². The first-order valence-electron chi connectivity index (χ1n) is 6.49. The van der Waals surface area contributed by atoms with Crippen molar-refractivity contribution < 1.29 is 4.74 Å². The molecule has 4 heteroatoms. The van der Waals surface area contributed by atoms with Gasteiger partial charge in [-0.3, -0.25) is 0 Å². The molecular formula is C14H19Cl2NO. The Morgan fingerprint density at radius 2 is 2.22 bits per heavy atom. The minimum absolute atomic E-state index is 0.0857. The van der Waals surface area contributed by atoms with Crippen LogP contribution >= 0.6 is 23.2 Å². The summed E-state index contributed by atoms with van der Waals surface area (Å²) in [4.78, 5) is 0. The second-order valence-corrected chi connectivity index (χ2v) is 5.51. The molecule has 0 saturated carbocycles. The largest absolute Gasteiger partial charge is 0.373 e. The molecule has 18 heavy (non-hydrogen) atoms. The average Bonchev–Trinajstić information content (AvgIpc) is 2.37. The molecular weight excluding hydrogens is 269 g/mol. The molecule has 2 rings (SSSR count). The number of hydrogen-bond acceptors (Lipinski definition) is 2. The number of ether oxygens (including phenoxy) is 1. The van der Waals surface area contributed by atoms with Gasteiger partial charge in [0.1, 0.15) is 0 Å². The number of halogens is 2. The third kappa shape index (κ3) is 3.39. The summed E-state index contributed by atoms with van der Waals surface area (Å²) in [6.07, 6.45) is 2.39.